The van der Waals surface area contributed by atoms with Crippen LogP contribution in [0.2, 0.25) is 0 Å². The van der Waals surface area contributed by atoms with Crippen LogP contribution in [0.15, 0.2) is 0 Å². The summed E-state index contributed by atoms with van der Waals surface area (Å²) >= 11 is 0. The van der Waals surface area contributed by atoms with Crippen molar-refractivity contribution in [1.82, 2.24) is 0 Å². The lowest BCUT2D eigenvalue weighted by molar-refractivity contribution is -0.209. The van der Waals surface area contributed by atoms with E-state index in [0.717, 1.165) is 44.9 Å². The molecule has 2 N–H and O–H groups in total. The van der Waals surface area contributed by atoms with Gasteiger partial charge in [-0.2, -0.15) is 0 Å². The van der Waals surface area contributed by atoms with Crippen molar-refractivity contribution in [2.24, 2.45) is 5.92 Å². The number of rotatable bonds is 13. The highest BCUT2D eigenvalue weighted by Crippen LogP contribution is 2.30. The molecule has 2 heteroatoms. The molecule has 0 aromatic carbocycles. The Morgan fingerprint density at radius 2 is 1.21 bits per heavy atom. The van der Waals surface area contributed by atoms with Crippen molar-refractivity contribution in [3.8, 4) is 0 Å². The van der Waals surface area contributed by atoms with Gasteiger partial charge in [-0.05, 0) is 19.3 Å². The van der Waals surface area contributed by atoms with Crippen molar-refractivity contribution in [1.29, 1.82) is 0 Å². The van der Waals surface area contributed by atoms with E-state index in [0.29, 0.717) is 6.42 Å². The first kappa shape index (κ1) is 18.9. The molecular weight excluding hydrogens is 236 g/mol. The molecule has 1 unspecified atom stereocenters. The predicted molar refractivity (Wildman–Crippen MR) is 83.1 cm³/mol. The molecule has 0 fully saturated rings. The zero-order valence-electron chi connectivity index (χ0n) is 13.5. The van der Waals surface area contributed by atoms with E-state index >= 15 is 0 Å². The topological polar surface area (TPSA) is 40.5 Å². The van der Waals surface area contributed by atoms with Gasteiger partial charge in [0.15, 0.2) is 5.79 Å². The van der Waals surface area contributed by atoms with Gasteiger partial charge in [0.25, 0.3) is 0 Å². The molecule has 0 aliphatic heterocycles. The van der Waals surface area contributed by atoms with Gasteiger partial charge >= 0.3 is 0 Å². The minimum Gasteiger partial charge on any atom is -0.365 e. The van der Waals surface area contributed by atoms with E-state index in [4.69, 9.17) is 0 Å². The Kier molecular flexibility index (Phi) is 11.7. The highest BCUT2D eigenvalue weighted by molar-refractivity contribution is 4.76. The summed E-state index contributed by atoms with van der Waals surface area (Å²) in [6, 6.07) is 0. The minimum atomic E-state index is -1.43. The maximum absolute atomic E-state index is 10.3. The fourth-order valence-electron chi connectivity index (χ4n) is 2.69. The van der Waals surface area contributed by atoms with Crippen LogP contribution in [0, 0.1) is 5.92 Å². The molecule has 0 radical (unpaired) electrons. The van der Waals surface area contributed by atoms with Gasteiger partial charge in [0.1, 0.15) is 0 Å². The first-order valence-electron chi connectivity index (χ1n) is 8.53. The van der Waals surface area contributed by atoms with Gasteiger partial charge in [-0.3, -0.25) is 0 Å². The molecule has 0 heterocycles. The fraction of sp³-hybridized carbons (Fsp3) is 1.00. The van der Waals surface area contributed by atoms with Gasteiger partial charge in [0, 0.05) is 12.3 Å². The molecule has 116 valence electrons. The summed E-state index contributed by atoms with van der Waals surface area (Å²) in [7, 11) is 0. The number of hydrogen-bond donors (Lipinski definition) is 2. The summed E-state index contributed by atoms with van der Waals surface area (Å²) in [6.07, 6.45) is 12.9. The molecule has 1 atom stereocenters. The van der Waals surface area contributed by atoms with E-state index in [1.54, 1.807) is 0 Å². The van der Waals surface area contributed by atoms with Gasteiger partial charge in [-0.25, -0.2) is 0 Å². The summed E-state index contributed by atoms with van der Waals surface area (Å²) in [4.78, 5) is 0. The smallest absolute Gasteiger partial charge is 0.165 e. The van der Waals surface area contributed by atoms with Gasteiger partial charge in [-0.1, -0.05) is 72.1 Å². The second-order valence-electron chi connectivity index (χ2n) is 6.02. The predicted octanol–water partition coefficient (Wildman–Crippen LogP) is 5.02. The molecule has 0 amide bonds. The molecular formula is C17H36O2. The van der Waals surface area contributed by atoms with Crippen molar-refractivity contribution >= 4 is 0 Å². The van der Waals surface area contributed by atoms with Crippen LogP contribution in [0.3, 0.4) is 0 Å². The summed E-state index contributed by atoms with van der Waals surface area (Å²) in [5.74, 6) is -1.36. The summed E-state index contributed by atoms with van der Waals surface area (Å²) in [5.41, 5.74) is 0. The van der Waals surface area contributed by atoms with E-state index < -0.39 is 5.79 Å². The number of aliphatic hydroxyl groups is 2. The van der Waals surface area contributed by atoms with Gasteiger partial charge in [0.05, 0.1) is 0 Å². The van der Waals surface area contributed by atoms with E-state index in [1.165, 1.54) is 25.7 Å². The third-order valence-electron chi connectivity index (χ3n) is 4.11. The molecule has 0 rings (SSSR count). The first-order valence-corrected chi connectivity index (χ1v) is 8.53. The summed E-state index contributed by atoms with van der Waals surface area (Å²) in [6.45, 7) is 6.49. The second-order valence-corrected chi connectivity index (χ2v) is 6.02. The maximum atomic E-state index is 10.3. The highest BCUT2D eigenvalue weighted by atomic mass is 16.5. The van der Waals surface area contributed by atoms with Crippen molar-refractivity contribution in [3.63, 3.8) is 0 Å². The van der Waals surface area contributed by atoms with Crippen LogP contribution >= 0.6 is 0 Å². The van der Waals surface area contributed by atoms with Gasteiger partial charge < -0.3 is 10.2 Å². The van der Waals surface area contributed by atoms with Crippen LogP contribution < -0.4 is 0 Å². The Morgan fingerprint density at radius 3 is 1.79 bits per heavy atom. The third-order valence-corrected chi connectivity index (χ3v) is 4.11. The van der Waals surface area contributed by atoms with Crippen molar-refractivity contribution in [3.05, 3.63) is 0 Å². The largest absolute Gasteiger partial charge is 0.365 e. The minimum absolute atomic E-state index is 0.0700. The lowest BCUT2D eigenvalue weighted by Crippen LogP contribution is -2.37. The molecule has 2 nitrogen and oxygen atoms in total. The maximum Gasteiger partial charge on any atom is 0.165 e. The summed E-state index contributed by atoms with van der Waals surface area (Å²) in [5, 5.41) is 20.6. The SMILES string of the molecule is CCCCCCCC(CCCC)C(O)(O)CCCC. The van der Waals surface area contributed by atoms with Crippen LogP contribution in [-0.2, 0) is 0 Å². The molecule has 19 heavy (non-hydrogen) atoms. The van der Waals surface area contributed by atoms with Crippen molar-refractivity contribution in [2.45, 2.75) is 104 Å². The van der Waals surface area contributed by atoms with E-state index in [2.05, 4.69) is 20.8 Å². The van der Waals surface area contributed by atoms with Crippen LogP contribution in [0.1, 0.15) is 97.8 Å². The average molecular weight is 272 g/mol. The molecule has 0 spiro atoms. The van der Waals surface area contributed by atoms with Gasteiger partial charge in [0.2, 0.25) is 0 Å². The summed E-state index contributed by atoms with van der Waals surface area (Å²) < 4.78 is 0. The number of hydrogen-bond acceptors (Lipinski definition) is 2. The van der Waals surface area contributed by atoms with Crippen molar-refractivity contribution in [2.75, 3.05) is 0 Å². The monoisotopic (exact) mass is 272 g/mol. The molecule has 0 aromatic rings. The molecule has 0 saturated carbocycles. The Hall–Kier alpha value is -0.0800. The van der Waals surface area contributed by atoms with E-state index in [-0.39, 0.29) is 5.92 Å². The van der Waals surface area contributed by atoms with Crippen molar-refractivity contribution < 1.29 is 10.2 Å². The Morgan fingerprint density at radius 1 is 0.684 bits per heavy atom. The second kappa shape index (κ2) is 11.7. The van der Waals surface area contributed by atoms with E-state index in [1.807, 2.05) is 0 Å². The lowest BCUT2D eigenvalue weighted by Gasteiger charge is -2.31. The normalized spacial score (nSPS) is 13.7. The van der Waals surface area contributed by atoms with Gasteiger partial charge in [-0.15, -0.1) is 0 Å². The molecule has 0 saturated heterocycles. The van der Waals surface area contributed by atoms with Crippen LogP contribution in [0.25, 0.3) is 0 Å². The lowest BCUT2D eigenvalue weighted by atomic mass is 9.85. The number of unbranched alkanes of at least 4 members (excludes halogenated alkanes) is 6. The Bertz CT molecular complexity index is 190. The highest BCUT2D eigenvalue weighted by Gasteiger charge is 2.32. The fourth-order valence-corrected chi connectivity index (χ4v) is 2.69. The van der Waals surface area contributed by atoms with Crippen LogP contribution in [0.5, 0.6) is 0 Å². The molecule has 0 bridgehead atoms. The Balaban J connectivity index is 4.12. The first-order chi connectivity index (χ1) is 9.08. The van der Waals surface area contributed by atoms with Crippen LogP contribution in [0.4, 0.5) is 0 Å². The zero-order valence-corrected chi connectivity index (χ0v) is 13.5. The Labute approximate surface area is 120 Å². The molecule has 0 aliphatic carbocycles. The van der Waals surface area contributed by atoms with E-state index in [9.17, 15) is 10.2 Å². The van der Waals surface area contributed by atoms with Crippen LogP contribution in [-0.4, -0.2) is 16.0 Å². The average Bonchev–Trinajstić information content (AvgIpc) is 2.39. The third kappa shape index (κ3) is 9.45. The molecule has 0 aromatic heterocycles. The zero-order chi connectivity index (χ0) is 14.6. The quantitative estimate of drug-likeness (QED) is 0.365. The standard InChI is InChI=1S/C17H36O2/c1-4-7-10-11-12-14-16(13-8-5-2)17(18,19)15-9-6-3/h16,18-19H,4-15H2,1-3H3. The molecule has 0 aliphatic rings.